The molecule has 0 saturated heterocycles. The first kappa shape index (κ1) is 86.0. The van der Waals surface area contributed by atoms with E-state index in [2.05, 4.69) is 47.6 Å². The predicted octanol–water partition coefficient (Wildman–Crippen LogP) is 9.94. The van der Waals surface area contributed by atoms with Crippen molar-refractivity contribution in [2.75, 3.05) is 67.1 Å². The zero-order chi connectivity index (χ0) is 44.3. The Morgan fingerprint density at radius 3 is 0.754 bits per heavy atom. The third-order valence-electron chi connectivity index (χ3n) is 8.42. The Hall–Kier alpha value is -6.27. The second-order valence-electron chi connectivity index (χ2n) is 13.0. The summed E-state index contributed by atoms with van der Waals surface area (Å²) < 4.78 is 35.0. The van der Waals surface area contributed by atoms with Crippen molar-refractivity contribution in [1.82, 2.24) is 0 Å². The molecule has 0 aliphatic heterocycles. The first-order valence-corrected chi connectivity index (χ1v) is 18.4. The molecule has 404 valence electrons. The molecule has 17 nitrogen and oxygen atoms in total. The molecule has 0 aliphatic rings. The monoisotopic (exact) mass is 988 g/mol. The minimum absolute atomic E-state index is 0. The molecule has 0 spiro atoms. The summed E-state index contributed by atoms with van der Waals surface area (Å²) in [6, 6.07) is 31.3. The molecule has 4 rings (SSSR count). The van der Waals surface area contributed by atoms with E-state index in [0.717, 1.165) is 29.7 Å². The summed E-state index contributed by atoms with van der Waals surface area (Å²) in [7, 11) is 2.22. The molecular formula is C52H97N3O14. The summed E-state index contributed by atoms with van der Waals surface area (Å²) in [6.07, 6.45) is -2.38. The Morgan fingerprint density at radius 1 is 0.406 bits per heavy atom. The molecule has 3 amide bonds. The van der Waals surface area contributed by atoms with Crippen LogP contribution in [0.5, 0.6) is 23.0 Å². The second-order valence-corrected chi connectivity index (χ2v) is 13.0. The van der Waals surface area contributed by atoms with E-state index in [9.17, 15) is 14.4 Å². The van der Waals surface area contributed by atoms with Crippen molar-refractivity contribution >= 4 is 18.3 Å². The van der Waals surface area contributed by atoms with Gasteiger partial charge in [-0.1, -0.05) is 143 Å². The highest BCUT2D eigenvalue weighted by Gasteiger charge is 2.24. The largest absolute Gasteiger partial charge is 0.491 e. The van der Waals surface area contributed by atoms with Gasteiger partial charge in [0.25, 0.3) is 0 Å². The first-order chi connectivity index (χ1) is 28.1. The maximum atomic E-state index is 10.5. The molecule has 0 unspecified atom stereocenters. The summed E-state index contributed by atoms with van der Waals surface area (Å²) >= 11 is 0. The number of primary amides is 3. The number of hydrogen-bond donors (Lipinski definition) is 6. The summed E-state index contributed by atoms with van der Waals surface area (Å²) in [6.45, 7) is 9.89. The standard InChI is InChI=1S/C21H26N2O6.C19H24O4.C2H5NO2.CH4O.9CH4.H2O/c1-21(2,15-3-7-17(8-4-15)26-11-13-28-19(22)24)16-5-9-18(10-6-16)27-12-14-29-20(23)25;1-19(2,15-3-7-17(8-4-15)22-13-11-20)16-5-9-18(10-6-16)23-14-12-21;1-5-2(3)4;1-2;;;;;;;;;;/h3-10H,11-14H2,1-2H3,(H2,22,24)(H2,23,25);3-10,20-21H,11-14H2,1-2H3;1H3,(H2,3,4);2H,1H3;9*1H4;1H2. The minimum atomic E-state index is -0.818. The number of hydrogen-bond acceptors (Lipinski definition) is 13. The predicted molar refractivity (Wildman–Crippen MR) is 286 cm³/mol. The summed E-state index contributed by atoms with van der Waals surface area (Å²) in [4.78, 5) is 30.4. The minimum Gasteiger partial charge on any atom is -0.491 e. The molecule has 69 heavy (non-hydrogen) atoms. The second kappa shape index (κ2) is 46.8. The SMILES string of the molecule is C.C.C.C.C.C.C.C.C.CC(C)(c1ccc(OCCO)cc1)c1ccc(OCCO)cc1.CC(C)(c1ccc(OCCOC(N)=O)cc1)c1ccc(OCCOC(N)=O)cc1.CO.COC(N)=O.O. The van der Waals surface area contributed by atoms with Crippen LogP contribution in [0.1, 0.15) is 117 Å². The summed E-state index contributed by atoms with van der Waals surface area (Å²) in [5, 5.41) is 24.6. The van der Waals surface area contributed by atoms with Crippen molar-refractivity contribution in [3.05, 3.63) is 119 Å². The van der Waals surface area contributed by atoms with E-state index in [-0.39, 0.29) is 123 Å². The van der Waals surface area contributed by atoms with Crippen LogP contribution in [0, 0.1) is 0 Å². The van der Waals surface area contributed by atoms with Gasteiger partial charge in [-0.05, 0) is 70.8 Å². The van der Waals surface area contributed by atoms with E-state index in [4.69, 9.17) is 45.7 Å². The molecular weight excluding hydrogens is 891 g/mol. The number of carbonyl (C=O) groups is 3. The fraction of sp³-hybridized carbons (Fsp3) is 0.481. The van der Waals surface area contributed by atoms with Crippen LogP contribution in [0.3, 0.4) is 0 Å². The molecule has 0 heterocycles. The van der Waals surface area contributed by atoms with E-state index in [1.165, 1.54) is 18.2 Å². The number of ether oxygens (including phenoxy) is 7. The lowest BCUT2D eigenvalue weighted by molar-refractivity contribution is 0.133. The molecule has 4 aromatic rings. The number of aliphatic hydroxyl groups excluding tert-OH is 3. The third kappa shape index (κ3) is 33.0. The van der Waals surface area contributed by atoms with Crippen molar-refractivity contribution in [1.29, 1.82) is 0 Å². The van der Waals surface area contributed by atoms with Gasteiger partial charge >= 0.3 is 18.3 Å². The van der Waals surface area contributed by atoms with E-state index in [1.807, 2.05) is 97.1 Å². The van der Waals surface area contributed by atoms with Gasteiger partial charge in [0.1, 0.15) is 62.6 Å². The van der Waals surface area contributed by atoms with Crippen LogP contribution in [-0.2, 0) is 25.0 Å². The zero-order valence-electron chi connectivity index (χ0n) is 35.1. The van der Waals surface area contributed by atoms with Crippen LogP contribution in [-0.4, -0.2) is 106 Å². The van der Waals surface area contributed by atoms with Crippen LogP contribution >= 0.6 is 0 Å². The molecule has 0 aliphatic carbocycles. The zero-order valence-corrected chi connectivity index (χ0v) is 35.1. The van der Waals surface area contributed by atoms with Crippen molar-refractivity contribution in [3.8, 4) is 23.0 Å². The van der Waals surface area contributed by atoms with Gasteiger partial charge in [-0.2, -0.15) is 0 Å². The van der Waals surface area contributed by atoms with Gasteiger partial charge in [-0.25, -0.2) is 14.4 Å². The molecule has 17 heteroatoms. The number of methoxy groups -OCH3 is 1. The van der Waals surface area contributed by atoms with Gasteiger partial charge in [0.15, 0.2) is 0 Å². The van der Waals surface area contributed by atoms with Gasteiger partial charge < -0.3 is 71.2 Å². The lowest BCUT2D eigenvalue weighted by Gasteiger charge is -2.26. The average Bonchev–Trinajstić information content (AvgIpc) is 3.24. The van der Waals surface area contributed by atoms with Gasteiger partial charge in [0.2, 0.25) is 0 Å². The maximum Gasteiger partial charge on any atom is 0.404 e. The number of amides is 3. The van der Waals surface area contributed by atoms with Crippen molar-refractivity contribution < 1.29 is 68.3 Å². The van der Waals surface area contributed by atoms with Gasteiger partial charge in [-0.3, -0.25) is 0 Å². The highest BCUT2D eigenvalue weighted by atomic mass is 16.6. The van der Waals surface area contributed by atoms with Gasteiger partial charge in [0, 0.05) is 17.9 Å². The highest BCUT2D eigenvalue weighted by molar-refractivity contribution is 5.65. The summed E-state index contributed by atoms with van der Waals surface area (Å²) in [5.74, 6) is 2.87. The van der Waals surface area contributed by atoms with E-state index < -0.39 is 18.3 Å². The van der Waals surface area contributed by atoms with E-state index in [0.29, 0.717) is 24.7 Å². The number of benzene rings is 4. The van der Waals surface area contributed by atoms with Gasteiger partial charge in [-0.15, -0.1) is 0 Å². The number of rotatable bonds is 18. The molecule has 0 aromatic heterocycles. The molecule has 0 bridgehead atoms. The Morgan fingerprint density at radius 2 is 0.594 bits per heavy atom. The van der Waals surface area contributed by atoms with E-state index in [1.54, 1.807) is 0 Å². The van der Waals surface area contributed by atoms with Crippen molar-refractivity contribution in [2.45, 2.75) is 105 Å². The average molecular weight is 988 g/mol. The molecule has 0 saturated carbocycles. The lowest BCUT2D eigenvalue weighted by Crippen LogP contribution is -2.19. The first-order valence-electron chi connectivity index (χ1n) is 18.4. The van der Waals surface area contributed by atoms with Crippen LogP contribution in [0.4, 0.5) is 14.4 Å². The topological polar surface area (TPSA) is 286 Å². The van der Waals surface area contributed by atoms with Crippen LogP contribution in [0.15, 0.2) is 97.1 Å². The smallest absolute Gasteiger partial charge is 0.404 e. The highest BCUT2D eigenvalue weighted by Crippen LogP contribution is 2.34. The summed E-state index contributed by atoms with van der Waals surface area (Å²) in [5.41, 5.74) is 18.4. The van der Waals surface area contributed by atoms with Crippen LogP contribution in [0.25, 0.3) is 0 Å². The van der Waals surface area contributed by atoms with Crippen molar-refractivity contribution in [2.24, 2.45) is 17.2 Å². The third-order valence-corrected chi connectivity index (χ3v) is 8.42. The number of carbonyl (C=O) groups excluding carboxylic acids is 3. The Labute approximate surface area is 417 Å². The lowest BCUT2D eigenvalue weighted by atomic mass is 9.78. The van der Waals surface area contributed by atoms with E-state index >= 15 is 0 Å². The maximum absolute atomic E-state index is 10.5. The molecule has 11 N–H and O–H groups in total. The molecule has 4 aromatic carbocycles. The van der Waals surface area contributed by atoms with Crippen molar-refractivity contribution in [3.63, 3.8) is 0 Å². The fourth-order valence-corrected chi connectivity index (χ4v) is 5.14. The normalized spacial score (nSPS) is 8.88. The Kier molecular flexibility index (Phi) is 58.3. The van der Waals surface area contributed by atoms with Crippen LogP contribution in [0.2, 0.25) is 0 Å². The fourth-order valence-electron chi connectivity index (χ4n) is 5.14. The Balaban J connectivity index is -0.0000000995. The molecule has 0 fully saturated rings. The van der Waals surface area contributed by atoms with Gasteiger partial charge in [0.05, 0.1) is 20.3 Å². The Bertz CT molecular complexity index is 1650. The number of nitrogens with two attached hydrogens (primary N) is 3. The number of aliphatic hydroxyl groups is 3. The van der Waals surface area contributed by atoms with Crippen LogP contribution < -0.4 is 36.1 Å². The quantitative estimate of drug-likeness (QED) is 0.0400. The molecule has 0 atom stereocenters. The molecule has 0 radical (unpaired) electrons.